The SMILES string of the molecule is Cc1nnc(SCC(=O)N[C@H]2CCC[C@@H](C)[C@H]2C)s1. The number of amides is 1. The van der Waals surface area contributed by atoms with Crippen LogP contribution in [0.25, 0.3) is 0 Å². The highest BCUT2D eigenvalue weighted by atomic mass is 32.2. The number of rotatable bonds is 4. The average molecular weight is 299 g/mol. The largest absolute Gasteiger partial charge is 0.352 e. The zero-order valence-electron chi connectivity index (χ0n) is 11.7. The van der Waals surface area contributed by atoms with Crippen LogP contribution < -0.4 is 5.32 Å². The van der Waals surface area contributed by atoms with Crippen LogP contribution in [0.5, 0.6) is 0 Å². The third-order valence-electron chi connectivity index (χ3n) is 3.89. The summed E-state index contributed by atoms with van der Waals surface area (Å²) in [5.41, 5.74) is 0. The molecule has 0 unspecified atom stereocenters. The molecule has 1 amide bonds. The molecular formula is C13H21N3OS2. The summed E-state index contributed by atoms with van der Waals surface area (Å²) in [4.78, 5) is 12.0. The monoisotopic (exact) mass is 299 g/mol. The van der Waals surface area contributed by atoms with Gasteiger partial charge in [0.1, 0.15) is 5.01 Å². The van der Waals surface area contributed by atoms with Crippen molar-refractivity contribution in [2.75, 3.05) is 5.75 Å². The number of nitrogens with one attached hydrogen (secondary N) is 1. The van der Waals surface area contributed by atoms with E-state index in [1.807, 2.05) is 6.92 Å². The van der Waals surface area contributed by atoms with E-state index in [4.69, 9.17) is 0 Å². The zero-order chi connectivity index (χ0) is 13.8. The van der Waals surface area contributed by atoms with Crippen molar-refractivity contribution in [3.8, 4) is 0 Å². The van der Waals surface area contributed by atoms with Crippen molar-refractivity contribution in [2.24, 2.45) is 11.8 Å². The van der Waals surface area contributed by atoms with Gasteiger partial charge in [-0.1, -0.05) is 49.8 Å². The number of aryl methyl sites for hydroxylation is 1. The molecule has 19 heavy (non-hydrogen) atoms. The molecular weight excluding hydrogens is 278 g/mol. The van der Waals surface area contributed by atoms with Gasteiger partial charge in [-0.15, -0.1) is 10.2 Å². The van der Waals surface area contributed by atoms with E-state index in [0.29, 0.717) is 23.6 Å². The Kier molecular flexibility index (Phi) is 5.21. The van der Waals surface area contributed by atoms with Gasteiger partial charge in [0.25, 0.3) is 0 Å². The summed E-state index contributed by atoms with van der Waals surface area (Å²) in [7, 11) is 0. The summed E-state index contributed by atoms with van der Waals surface area (Å²) < 4.78 is 0.873. The van der Waals surface area contributed by atoms with Gasteiger partial charge in [-0.2, -0.15) is 0 Å². The van der Waals surface area contributed by atoms with Crippen molar-refractivity contribution in [3.05, 3.63) is 5.01 Å². The zero-order valence-corrected chi connectivity index (χ0v) is 13.3. The lowest BCUT2D eigenvalue weighted by atomic mass is 9.78. The highest BCUT2D eigenvalue weighted by Crippen LogP contribution is 2.29. The summed E-state index contributed by atoms with van der Waals surface area (Å²) in [5.74, 6) is 1.83. The van der Waals surface area contributed by atoms with Crippen LogP contribution in [-0.2, 0) is 4.79 Å². The van der Waals surface area contributed by atoms with E-state index < -0.39 is 0 Å². The molecule has 0 aromatic carbocycles. The highest BCUT2D eigenvalue weighted by Gasteiger charge is 2.28. The number of hydrogen-bond donors (Lipinski definition) is 1. The second-order valence-corrected chi connectivity index (χ2v) is 7.72. The lowest BCUT2D eigenvalue weighted by molar-refractivity contribution is -0.119. The van der Waals surface area contributed by atoms with Crippen LogP contribution in [-0.4, -0.2) is 27.9 Å². The average Bonchev–Trinajstić information content (AvgIpc) is 2.78. The van der Waals surface area contributed by atoms with Gasteiger partial charge in [0.2, 0.25) is 5.91 Å². The Bertz CT molecular complexity index is 435. The van der Waals surface area contributed by atoms with Crippen LogP contribution in [0.4, 0.5) is 0 Å². The molecule has 1 aliphatic rings. The molecule has 1 saturated carbocycles. The lowest BCUT2D eigenvalue weighted by Gasteiger charge is -2.34. The maximum atomic E-state index is 12.0. The topological polar surface area (TPSA) is 54.9 Å². The van der Waals surface area contributed by atoms with E-state index >= 15 is 0 Å². The van der Waals surface area contributed by atoms with Crippen LogP contribution in [0, 0.1) is 18.8 Å². The number of thioether (sulfide) groups is 1. The van der Waals surface area contributed by atoms with E-state index in [-0.39, 0.29) is 5.91 Å². The minimum absolute atomic E-state index is 0.115. The van der Waals surface area contributed by atoms with Crippen molar-refractivity contribution in [1.82, 2.24) is 15.5 Å². The number of carbonyl (C=O) groups excluding carboxylic acids is 1. The third-order valence-corrected chi connectivity index (χ3v) is 5.86. The molecule has 1 aliphatic carbocycles. The first kappa shape index (κ1) is 14.8. The minimum atomic E-state index is 0.115. The minimum Gasteiger partial charge on any atom is -0.352 e. The fraction of sp³-hybridized carbons (Fsp3) is 0.769. The first-order valence-electron chi connectivity index (χ1n) is 6.78. The Labute approximate surface area is 122 Å². The van der Waals surface area contributed by atoms with E-state index in [9.17, 15) is 4.79 Å². The van der Waals surface area contributed by atoms with Crippen LogP contribution in [0.3, 0.4) is 0 Å². The fourth-order valence-corrected chi connectivity index (χ4v) is 4.12. The molecule has 106 valence electrons. The second kappa shape index (κ2) is 6.70. The summed E-state index contributed by atoms with van der Waals surface area (Å²) in [6, 6.07) is 0.341. The van der Waals surface area contributed by atoms with E-state index in [1.54, 1.807) is 0 Å². The molecule has 6 heteroatoms. The Morgan fingerprint density at radius 2 is 2.21 bits per heavy atom. The van der Waals surface area contributed by atoms with Crippen molar-refractivity contribution in [2.45, 2.75) is 50.4 Å². The Balaban J connectivity index is 1.77. The molecule has 1 aromatic rings. The summed E-state index contributed by atoms with van der Waals surface area (Å²) in [6.45, 7) is 6.45. The van der Waals surface area contributed by atoms with E-state index in [0.717, 1.165) is 15.8 Å². The standard InChI is InChI=1S/C13H21N3OS2/c1-8-5-4-6-11(9(8)2)14-12(17)7-18-13-16-15-10(3)19-13/h8-9,11H,4-7H2,1-3H3,(H,14,17)/t8-,9-,11+/m1/s1. The Morgan fingerprint density at radius 1 is 1.42 bits per heavy atom. The Morgan fingerprint density at radius 3 is 2.89 bits per heavy atom. The van der Waals surface area contributed by atoms with Gasteiger partial charge in [-0.05, 0) is 25.2 Å². The number of nitrogens with zero attached hydrogens (tertiary/aromatic N) is 2. The molecule has 1 N–H and O–H groups in total. The van der Waals surface area contributed by atoms with Crippen LogP contribution in [0.1, 0.15) is 38.1 Å². The molecule has 0 saturated heterocycles. The van der Waals surface area contributed by atoms with Gasteiger partial charge < -0.3 is 5.32 Å². The highest BCUT2D eigenvalue weighted by molar-refractivity contribution is 8.01. The molecule has 0 spiro atoms. The second-order valence-electron chi connectivity index (χ2n) is 5.32. The van der Waals surface area contributed by atoms with E-state index in [2.05, 4.69) is 29.4 Å². The smallest absolute Gasteiger partial charge is 0.230 e. The quantitative estimate of drug-likeness (QED) is 0.869. The molecule has 1 aromatic heterocycles. The first-order chi connectivity index (χ1) is 9.06. The van der Waals surface area contributed by atoms with Crippen LogP contribution in [0.15, 0.2) is 4.34 Å². The van der Waals surface area contributed by atoms with Gasteiger partial charge >= 0.3 is 0 Å². The number of hydrogen-bond acceptors (Lipinski definition) is 5. The molecule has 3 atom stereocenters. The first-order valence-corrected chi connectivity index (χ1v) is 8.58. The number of carbonyl (C=O) groups is 1. The number of aromatic nitrogens is 2. The summed E-state index contributed by atoms with van der Waals surface area (Å²) in [6.07, 6.45) is 3.62. The predicted octanol–water partition coefficient (Wildman–Crippen LogP) is 2.88. The maximum Gasteiger partial charge on any atom is 0.230 e. The van der Waals surface area contributed by atoms with Crippen LogP contribution >= 0.6 is 23.1 Å². The van der Waals surface area contributed by atoms with E-state index in [1.165, 1.54) is 35.9 Å². The van der Waals surface area contributed by atoms with Crippen LogP contribution in [0.2, 0.25) is 0 Å². The van der Waals surface area contributed by atoms with Gasteiger partial charge in [-0.25, -0.2) is 0 Å². The fourth-order valence-electron chi connectivity index (χ4n) is 2.50. The molecule has 0 aliphatic heterocycles. The summed E-state index contributed by atoms with van der Waals surface area (Å²) in [5, 5.41) is 12.1. The Hall–Kier alpha value is -0.620. The molecule has 0 bridgehead atoms. The molecule has 1 fully saturated rings. The lowest BCUT2D eigenvalue weighted by Crippen LogP contribution is -2.44. The molecule has 1 heterocycles. The summed E-state index contributed by atoms with van der Waals surface area (Å²) >= 11 is 3.01. The van der Waals surface area contributed by atoms with Gasteiger partial charge in [0, 0.05) is 6.04 Å². The third kappa shape index (κ3) is 4.18. The van der Waals surface area contributed by atoms with Gasteiger partial charge in [0.05, 0.1) is 5.75 Å². The van der Waals surface area contributed by atoms with Crippen molar-refractivity contribution in [1.29, 1.82) is 0 Å². The normalized spacial score (nSPS) is 27.2. The van der Waals surface area contributed by atoms with Gasteiger partial charge in [-0.3, -0.25) is 4.79 Å². The van der Waals surface area contributed by atoms with Gasteiger partial charge in [0.15, 0.2) is 4.34 Å². The van der Waals surface area contributed by atoms with Crippen molar-refractivity contribution in [3.63, 3.8) is 0 Å². The van der Waals surface area contributed by atoms with Crippen molar-refractivity contribution < 1.29 is 4.79 Å². The maximum absolute atomic E-state index is 12.0. The van der Waals surface area contributed by atoms with Crippen molar-refractivity contribution >= 4 is 29.0 Å². The molecule has 0 radical (unpaired) electrons. The molecule has 2 rings (SSSR count). The predicted molar refractivity (Wildman–Crippen MR) is 79.5 cm³/mol. The molecule has 4 nitrogen and oxygen atoms in total.